The number of carbonyl (C=O) groups excluding carboxylic acids is 1. The molecule has 2 aliphatic rings. The molecule has 1 aliphatic heterocycles. The van der Waals surface area contributed by atoms with Crippen molar-refractivity contribution < 1.29 is 14.7 Å². The van der Waals surface area contributed by atoms with Crippen molar-refractivity contribution in [1.82, 2.24) is 5.06 Å². The quantitative estimate of drug-likeness (QED) is 0.824. The van der Waals surface area contributed by atoms with Crippen molar-refractivity contribution in [3.05, 3.63) is 35.9 Å². The summed E-state index contributed by atoms with van der Waals surface area (Å²) in [6, 6.07) is 9.81. The minimum Gasteiger partial charge on any atom is -0.389 e. The monoisotopic (exact) mass is 233 g/mol. The number of aliphatic hydroxyl groups is 1. The summed E-state index contributed by atoms with van der Waals surface area (Å²) in [5.41, 5.74) is 0.653. The lowest BCUT2D eigenvalue weighted by atomic mass is 9.95. The van der Waals surface area contributed by atoms with Gasteiger partial charge in [-0.3, -0.25) is 9.63 Å². The van der Waals surface area contributed by atoms with Gasteiger partial charge in [-0.15, -0.1) is 0 Å². The molecule has 90 valence electrons. The molecule has 3 rings (SSSR count). The molecule has 1 saturated heterocycles. The molecule has 1 aromatic carbocycles. The van der Waals surface area contributed by atoms with Gasteiger partial charge in [0.2, 0.25) is 0 Å². The van der Waals surface area contributed by atoms with Gasteiger partial charge in [0.15, 0.2) is 0 Å². The van der Waals surface area contributed by atoms with Crippen LogP contribution in [-0.2, 0) is 15.0 Å². The molecular weight excluding hydrogens is 218 g/mol. The maximum absolute atomic E-state index is 12.4. The van der Waals surface area contributed by atoms with Crippen LogP contribution in [0.25, 0.3) is 0 Å². The summed E-state index contributed by atoms with van der Waals surface area (Å²) in [4.78, 5) is 17.6. The number of benzene rings is 1. The number of hydrogen-bond acceptors (Lipinski definition) is 3. The number of rotatable bonds is 2. The Morgan fingerprint density at radius 1 is 1.35 bits per heavy atom. The largest absolute Gasteiger partial charge is 0.389 e. The summed E-state index contributed by atoms with van der Waals surface area (Å²) in [6.45, 7) is 0.504. The van der Waals surface area contributed by atoms with Crippen LogP contribution >= 0.6 is 0 Å². The van der Waals surface area contributed by atoms with Crippen molar-refractivity contribution in [2.45, 2.75) is 24.4 Å². The average Bonchev–Trinajstić information content (AvgIpc) is 3.07. The number of carbonyl (C=O) groups is 1. The van der Waals surface area contributed by atoms with E-state index < -0.39 is 11.5 Å². The normalized spacial score (nSPS) is 25.9. The van der Waals surface area contributed by atoms with Gasteiger partial charge >= 0.3 is 0 Å². The highest BCUT2D eigenvalue weighted by Gasteiger charge is 2.54. The fourth-order valence-corrected chi connectivity index (χ4v) is 2.36. The molecule has 1 heterocycles. The Labute approximate surface area is 99.8 Å². The van der Waals surface area contributed by atoms with Gasteiger partial charge in [0, 0.05) is 0 Å². The third kappa shape index (κ3) is 1.73. The SMILES string of the molecule is O=C(N1C[C@@H](O)CO1)C1(c2ccccc2)CC1. The van der Waals surface area contributed by atoms with Crippen LogP contribution in [0.4, 0.5) is 0 Å². The van der Waals surface area contributed by atoms with E-state index >= 15 is 0 Å². The predicted octanol–water partition coefficient (Wildman–Crippen LogP) is 0.853. The van der Waals surface area contributed by atoms with Crippen LogP contribution in [0.3, 0.4) is 0 Å². The molecule has 1 N–H and O–H groups in total. The molecule has 4 heteroatoms. The van der Waals surface area contributed by atoms with Crippen LogP contribution in [0, 0.1) is 0 Å². The maximum Gasteiger partial charge on any atom is 0.256 e. The number of hydrogen-bond donors (Lipinski definition) is 1. The van der Waals surface area contributed by atoms with Gasteiger partial charge in [-0.05, 0) is 18.4 Å². The maximum atomic E-state index is 12.4. The second-order valence-corrected chi connectivity index (χ2v) is 4.76. The first kappa shape index (κ1) is 10.7. The van der Waals surface area contributed by atoms with Crippen molar-refractivity contribution in [2.75, 3.05) is 13.2 Å². The van der Waals surface area contributed by atoms with E-state index in [9.17, 15) is 9.90 Å². The highest BCUT2D eigenvalue weighted by atomic mass is 16.7. The third-order valence-corrected chi connectivity index (χ3v) is 3.51. The van der Waals surface area contributed by atoms with Crippen molar-refractivity contribution >= 4 is 5.91 Å². The number of hydroxylamine groups is 2. The summed E-state index contributed by atoms with van der Waals surface area (Å²) in [5.74, 6) is -0.0137. The van der Waals surface area contributed by atoms with Crippen LogP contribution in [-0.4, -0.2) is 35.3 Å². The third-order valence-electron chi connectivity index (χ3n) is 3.51. The Balaban J connectivity index is 1.82. The average molecular weight is 233 g/mol. The lowest BCUT2D eigenvalue weighted by Crippen LogP contribution is -2.37. The molecule has 0 radical (unpaired) electrons. The second-order valence-electron chi connectivity index (χ2n) is 4.76. The highest BCUT2D eigenvalue weighted by Crippen LogP contribution is 2.49. The molecule has 0 unspecified atom stereocenters. The smallest absolute Gasteiger partial charge is 0.256 e. The van der Waals surface area contributed by atoms with Crippen LogP contribution < -0.4 is 0 Å². The summed E-state index contributed by atoms with van der Waals surface area (Å²) in [5, 5.41) is 10.7. The molecule has 1 saturated carbocycles. The Bertz CT molecular complexity index is 428. The Morgan fingerprint density at radius 2 is 2.06 bits per heavy atom. The van der Waals surface area contributed by atoms with Gasteiger partial charge < -0.3 is 5.11 Å². The minimum absolute atomic E-state index is 0.0137. The summed E-state index contributed by atoms with van der Waals surface area (Å²) in [7, 11) is 0. The van der Waals surface area contributed by atoms with E-state index in [1.165, 1.54) is 5.06 Å². The Morgan fingerprint density at radius 3 is 2.59 bits per heavy atom. The van der Waals surface area contributed by atoms with Crippen LogP contribution in [0.1, 0.15) is 18.4 Å². The fraction of sp³-hybridized carbons (Fsp3) is 0.462. The highest BCUT2D eigenvalue weighted by molar-refractivity contribution is 5.90. The summed E-state index contributed by atoms with van der Waals surface area (Å²) < 4.78 is 0. The lowest BCUT2D eigenvalue weighted by molar-refractivity contribution is -0.171. The van der Waals surface area contributed by atoms with E-state index in [4.69, 9.17) is 4.84 Å². The van der Waals surface area contributed by atoms with Crippen molar-refractivity contribution in [2.24, 2.45) is 0 Å². The molecule has 0 bridgehead atoms. The zero-order valence-electron chi connectivity index (χ0n) is 9.50. The minimum atomic E-state index is -0.550. The molecule has 0 spiro atoms. The topological polar surface area (TPSA) is 49.8 Å². The van der Waals surface area contributed by atoms with E-state index in [1.807, 2.05) is 30.3 Å². The van der Waals surface area contributed by atoms with Crippen molar-refractivity contribution in [1.29, 1.82) is 0 Å². The van der Waals surface area contributed by atoms with E-state index in [-0.39, 0.29) is 19.1 Å². The van der Waals surface area contributed by atoms with E-state index in [1.54, 1.807) is 0 Å². The van der Waals surface area contributed by atoms with Gasteiger partial charge in [0.05, 0.1) is 18.1 Å². The van der Waals surface area contributed by atoms with Gasteiger partial charge in [-0.25, -0.2) is 5.06 Å². The number of β-amino-alcohol motifs (C(OH)–C–C–N with tert-alkyl or cyclic N) is 1. The Hall–Kier alpha value is -1.39. The van der Waals surface area contributed by atoms with E-state index in [0.717, 1.165) is 18.4 Å². The van der Waals surface area contributed by atoms with Crippen LogP contribution in [0.2, 0.25) is 0 Å². The molecule has 2 fully saturated rings. The first-order chi connectivity index (χ1) is 8.22. The zero-order valence-corrected chi connectivity index (χ0v) is 9.50. The van der Waals surface area contributed by atoms with Crippen LogP contribution in [0.15, 0.2) is 30.3 Å². The van der Waals surface area contributed by atoms with E-state index in [2.05, 4.69) is 0 Å². The summed E-state index contributed by atoms with van der Waals surface area (Å²) in [6.07, 6.45) is 1.18. The molecular formula is C13H15NO3. The first-order valence-corrected chi connectivity index (χ1v) is 5.91. The lowest BCUT2D eigenvalue weighted by Gasteiger charge is -2.21. The van der Waals surface area contributed by atoms with Gasteiger partial charge in [-0.1, -0.05) is 30.3 Å². The van der Waals surface area contributed by atoms with Crippen molar-refractivity contribution in [3.63, 3.8) is 0 Å². The Kier molecular flexibility index (Phi) is 2.42. The molecule has 1 amide bonds. The molecule has 0 aromatic heterocycles. The zero-order chi connectivity index (χ0) is 11.9. The van der Waals surface area contributed by atoms with E-state index in [0.29, 0.717) is 0 Å². The predicted molar refractivity (Wildman–Crippen MR) is 61.0 cm³/mol. The van der Waals surface area contributed by atoms with Gasteiger partial charge in [-0.2, -0.15) is 0 Å². The van der Waals surface area contributed by atoms with Gasteiger partial charge in [0.25, 0.3) is 5.91 Å². The molecule has 17 heavy (non-hydrogen) atoms. The molecule has 4 nitrogen and oxygen atoms in total. The van der Waals surface area contributed by atoms with Crippen molar-refractivity contribution in [3.8, 4) is 0 Å². The summed E-state index contributed by atoms with van der Waals surface area (Å²) >= 11 is 0. The number of amides is 1. The van der Waals surface area contributed by atoms with Gasteiger partial charge in [0.1, 0.15) is 6.61 Å². The molecule has 1 aliphatic carbocycles. The molecule has 1 aromatic rings. The first-order valence-electron chi connectivity index (χ1n) is 5.91. The van der Waals surface area contributed by atoms with Crippen LogP contribution in [0.5, 0.6) is 0 Å². The fourth-order valence-electron chi connectivity index (χ4n) is 2.36. The number of nitrogens with zero attached hydrogens (tertiary/aromatic N) is 1. The molecule has 1 atom stereocenters. The number of aliphatic hydroxyl groups excluding tert-OH is 1. The second kappa shape index (κ2) is 3.82. The standard InChI is InChI=1S/C13H15NO3/c15-11-8-14(17-9-11)12(16)13(6-7-13)10-4-2-1-3-5-10/h1-5,11,15H,6-9H2/t11-/m1/s1.